The number of nitrogens with zero attached hydrogens (tertiary/aromatic N) is 1. The van der Waals surface area contributed by atoms with Crippen LogP contribution < -0.4 is 10.1 Å². The lowest BCUT2D eigenvalue weighted by atomic mass is 10.2. The molecule has 1 aromatic heterocycles. The number of nitrogens with one attached hydrogen (secondary N) is 1. The molecule has 1 heterocycles. The van der Waals surface area contributed by atoms with E-state index in [9.17, 15) is 4.79 Å². The number of amides is 1. The van der Waals surface area contributed by atoms with Gasteiger partial charge in [0.15, 0.2) is 0 Å². The van der Waals surface area contributed by atoms with E-state index in [4.69, 9.17) is 4.74 Å². The van der Waals surface area contributed by atoms with Crippen molar-refractivity contribution in [2.45, 2.75) is 33.4 Å². The number of carbonyl (C=O) groups excluding carboxylic acids is 1. The van der Waals surface area contributed by atoms with Gasteiger partial charge in [-0.25, -0.2) is 0 Å². The van der Waals surface area contributed by atoms with E-state index >= 15 is 0 Å². The number of aromatic nitrogens is 1. The fourth-order valence-corrected chi connectivity index (χ4v) is 2.40. The summed E-state index contributed by atoms with van der Waals surface area (Å²) in [4.78, 5) is 12.0. The van der Waals surface area contributed by atoms with E-state index in [1.807, 2.05) is 24.3 Å². The largest absolute Gasteiger partial charge is 0.496 e. The number of ether oxygens (including phenoxy) is 1. The molecular weight excluding hydrogens is 264 g/mol. The lowest BCUT2D eigenvalue weighted by molar-refractivity contribution is -0.121. The molecule has 0 unspecified atom stereocenters. The molecule has 112 valence electrons. The fraction of sp³-hybridized carbons (Fsp3) is 0.353. The first-order chi connectivity index (χ1) is 10.1. The predicted molar refractivity (Wildman–Crippen MR) is 83.4 cm³/mol. The summed E-state index contributed by atoms with van der Waals surface area (Å²) in [5.74, 6) is 0.850. The van der Waals surface area contributed by atoms with Crippen LogP contribution in [0.25, 0.3) is 0 Å². The first-order valence-corrected chi connectivity index (χ1v) is 7.13. The third kappa shape index (κ3) is 3.88. The highest BCUT2D eigenvalue weighted by Gasteiger charge is 2.07. The van der Waals surface area contributed by atoms with Crippen molar-refractivity contribution in [2.75, 3.05) is 7.11 Å². The van der Waals surface area contributed by atoms with Crippen LogP contribution in [0.5, 0.6) is 5.75 Å². The zero-order chi connectivity index (χ0) is 15.2. The summed E-state index contributed by atoms with van der Waals surface area (Å²) in [7, 11) is 1.64. The van der Waals surface area contributed by atoms with Crippen molar-refractivity contribution in [3.8, 4) is 5.75 Å². The average molecular weight is 286 g/mol. The van der Waals surface area contributed by atoms with Gasteiger partial charge in [-0.05, 0) is 32.0 Å². The number of carbonyl (C=O) groups is 1. The van der Waals surface area contributed by atoms with Gasteiger partial charge < -0.3 is 14.6 Å². The summed E-state index contributed by atoms with van der Waals surface area (Å²) in [5, 5.41) is 2.94. The minimum absolute atomic E-state index is 0.0495. The molecule has 0 radical (unpaired) electrons. The third-order valence-electron chi connectivity index (χ3n) is 3.65. The molecular formula is C17H22N2O2. The van der Waals surface area contributed by atoms with E-state index in [-0.39, 0.29) is 5.91 Å². The van der Waals surface area contributed by atoms with E-state index in [0.717, 1.165) is 11.3 Å². The summed E-state index contributed by atoms with van der Waals surface area (Å²) < 4.78 is 7.43. The minimum Gasteiger partial charge on any atom is -0.496 e. The summed E-state index contributed by atoms with van der Waals surface area (Å²) in [6.45, 7) is 5.31. The van der Waals surface area contributed by atoms with Crippen LogP contribution in [0.4, 0.5) is 0 Å². The van der Waals surface area contributed by atoms with Gasteiger partial charge in [0.2, 0.25) is 5.91 Å². The van der Waals surface area contributed by atoms with Crippen LogP contribution in [0.3, 0.4) is 0 Å². The zero-order valence-electron chi connectivity index (χ0n) is 12.8. The molecule has 21 heavy (non-hydrogen) atoms. The Morgan fingerprint density at radius 2 is 1.81 bits per heavy atom. The van der Waals surface area contributed by atoms with Gasteiger partial charge in [-0.1, -0.05) is 18.2 Å². The molecule has 2 rings (SSSR count). The normalized spacial score (nSPS) is 10.4. The maximum Gasteiger partial charge on any atom is 0.222 e. The van der Waals surface area contributed by atoms with Crippen LogP contribution >= 0.6 is 0 Å². The molecule has 0 aliphatic carbocycles. The molecule has 0 spiro atoms. The van der Waals surface area contributed by atoms with Crippen molar-refractivity contribution >= 4 is 5.91 Å². The van der Waals surface area contributed by atoms with Crippen molar-refractivity contribution in [3.05, 3.63) is 53.3 Å². The van der Waals surface area contributed by atoms with E-state index in [0.29, 0.717) is 19.5 Å². The minimum atomic E-state index is 0.0495. The van der Waals surface area contributed by atoms with Gasteiger partial charge in [-0.2, -0.15) is 0 Å². The Morgan fingerprint density at radius 1 is 1.14 bits per heavy atom. The molecule has 1 N–H and O–H groups in total. The van der Waals surface area contributed by atoms with Crippen LogP contribution in [0.1, 0.15) is 23.4 Å². The third-order valence-corrected chi connectivity index (χ3v) is 3.65. The van der Waals surface area contributed by atoms with Crippen LogP contribution in [-0.2, 0) is 17.9 Å². The molecule has 1 amide bonds. The van der Waals surface area contributed by atoms with Crippen LogP contribution in [0, 0.1) is 13.8 Å². The number of para-hydroxylation sites is 1. The van der Waals surface area contributed by atoms with E-state index in [1.54, 1.807) is 7.11 Å². The van der Waals surface area contributed by atoms with Crippen molar-refractivity contribution in [1.82, 2.24) is 9.88 Å². The molecule has 0 aliphatic heterocycles. The molecule has 0 fully saturated rings. The monoisotopic (exact) mass is 286 g/mol. The van der Waals surface area contributed by atoms with Crippen LogP contribution in [0.2, 0.25) is 0 Å². The summed E-state index contributed by atoms with van der Waals surface area (Å²) in [5.41, 5.74) is 3.36. The predicted octanol–water partition coefficient (Wildman–Crippen LogP) is 2.82. The Bertz CT molecular complexity index is 598. The number of aryl methyl sites for hydroxylation is 2. The van der Waals surface area contributed by atoms with E-state index in [2.05, 4.69) is 35.9 Å². The maximum atomic E-state index is 12.0. The number of hydrogen-bond acceptors (Lipinski definition) is 2. The summed E-state index contributed by atoms with van der Waals surface area (Å²) in [6, 6.07) is 11.9. The Labute approximate surface area is 125 Å². The van der Waals surface area contributed by atoms with Gasteiger partial charge in [-0.15, -0.1) is 0 Å². The lowest BCUT2D eigenvalue weighted by Gasteiger charge is -2.11. The Kier molecular flexibility index (Phi) is 5.04. The summed E-state index contributed by atoms with van der Waals surface area (Å²) >= 11 is 0. The van der Waals surface area contributed by atoms with Crippen molar-refractivity contribution in [1.29, 1.82) is 0 Å². The van der Waals surface area contributed by atoms with Crippen molar-refractivity contribution in [3.63, 3.8) is 0 Å². The van der Waals surface area contributed by atoms with E-state index in [1.165, 1.54) is 11.4 Å². The van der Waals surface area contributed by atoms with Gasteiger partial charge >= 0.3 is 0 Å². The van der Waals surface area contributed by atoms with Crippen LogP contribution in [0.15, 0.2) is 36.4 Å². The molecule has 0 atom stereocenters. The smallest absolute Gasteiger partial charge is 0.222 e. The molecule has 2 aromatic rings. The standard InChI is InChI=1S/C17H22N2O2/c1-13-8-9-14(2)19(13)11-10-17(20)18-12-15-6-4-5-7-16(15)21-3/h4-9H,10-12H2,1-3H3,(H,18,20). The second kappa shape index (κ2) is 6.97. The number of rotatable bonds is 6. The lowest BCUT2D eigenvalue weighted by Crippen LogP contribution is -2.24. The maximum absolute atomic E-state index is 12.0. The first kappa shape index (κ1) is 15.2. The Hall–Kier alpha value is -2.23. The number of hydrogen-bond donors (Lipinski definition) is 1. The first-order valence-electron chi connectivity index (χ1n) is 7.13. The second-order valence-corrected chi connectivity index (χ2v) is 5.11. The van der Waals surface area contributed by atoms with E-state index < -0.39 is 0 Å². The van der Waals surface area contributed by atoms with Gasteiger partial charge in [0.1, 0.15) is 5.75 Å². The Balaban J connectivity index is 1.85. The summed E-state index contributed by atoms with van der Waals surface area (Å²) in [6.07, 6.45) is 0.478. The van der Waals surface area contributed by atoms with Crippen LogP contribution in [-0.4, -0.2) is 17.6 Å². The quantitative estimate of drug-likeness (QED) is 0.887. The van der Waals surface area contributed by atoms with Crippen molar-refractivity contribution in [2.24, 2.45) is 0 Å². The van der Waals surface area contributed by atoms with Gasteiger partial charge in [0, 0.05) is 36.5 Å². The Morgan fingerprint density at radius 3 is 2.48 bits per heavy atom. The average Bonchev–Trinajstić information content (AvgIpc) is 2.82. The highest BCUT2D eigenvalue weighted by Crippen LogP contribution is 2.16. The molecule has 4 nitrogen and oxygen atoms in total. The zero-order valence-corrected chi connectivity index (χ0v) is 12.8. The SMILES string of the molecule is COc1ccccc1CNC(=O)CCn1c(C)ccc1C. The highest BCUT2D eigenvalue weighted by molar-refractivity contribution is 5.75. The second-order valence-electron chi connectivity index (χ2n) is 5.11. The topological polar surface area (TPSA) is 43.3 Å². The number of methoxy groups -OCH3 is 1. The molecule has 0 aliphatic rings. The molecule has 4 heteroatoms. The van der Waals surface area contributed by atoms with Crippen molar-refractivity contribution < 1.29 is 9.53 Å². The highest BCUT2D eigenvalue weighted by atomic mass is 16.5. The fourth-order valence-electron chi connectivity index (χ4n) is 2.40. The van der Waals surface area contributed by atoms with Gasteiger partial charge in [0.05, 0.1) is 7.11 Å². The number of benzene rings is 1. The van der Waals surface area contributed by atoms with Gasteiger partial charge in [0.25, 0.3) is 0 Å². The molecule has 1 aromatic carbocycles. The molecule has 0 bridgehead atoms. The van der Waals surface area contributed by atoms with Gasteiger partial charge in [-0.3, -0.25) is 4.79 Å². The molecule has 0 saturated carbocycles. The molecule has 0 saturated heterocycles.